The van der Waals surface area contributed by atoms with Gasteiger partial charge in [-0.15, -0.1) is 0 Å². The molecule has 6 nitrogen and oxygen atoms in total. The molecular formula is C11H15FN2O4. The van der Waals surface area contributed by atoms with Crippen LogP contribution in [0.5, 0.6) is 0 Å². The molecule has 18 heavy (non-hydrogen) atoms. The molecule has 1 saturated heterocycles. The Labute approximate surface area is 102 Å². The van der Waals surface area contributed by atoms with Crippen molar-refractivity contribution in [1.82, 2.24) is 9.97 Å². The van der Waals surface area contributed by atoms with E-state index in [0.29, 0.717) is 0 Å². The van der Waals surface area contributed by atoms with E-state index in [9.17, 15) is 14.0 Å². The SMILES string of the molecule is C[C@@H]1[C@@H](CO)O[C@@H](c2cc(=O)[nH]c(=O)[nH]2)[C@]1(C)F. The van der Waals surface area contributed by atoms with E-state index in [-0.39, 0.29) is 12.3 Å². The smallest absolute Gasteiger partial charge is 0.325 e. The molecule has 0 spiro atoms. The number of hydrogen-bond donors (Lipinski definition) is 3. The standard InChI is InChI=1S/C11H15FN2O4/c1-5-7(4-15)18-9(11(5,2)12)6-3-8(16)14-10(17)13-6/h3,5,7,9,15H,4H2,1-2H3,(H2,13,14,16,17)/t5-,7-,9+,11-/m1/s1. The first kappa shape index (κ1) is 13.0. The fraction of sp³-hybridized carbons (Fsp3) is 0.636. The van der Waals surface area contributed by atoms with E-state index in [1.165, 1.54) is 6.92 Å². The second-order valence-electron chi connectivity index (χ2n) is 4.72. The summed E-state index contributed by atoms with van der Waals surface area (Å²) >= 11 is 0. The lowest BCUT2D eigenvalue weighted by Gasteiger charge is -2.24. The number of ether oxygens (including phenoxy) is 1. The van der Waals surface area contributed by atoms with Gasteiger partial charge in [-0.05, 0) is 6.92 Å². The van der Waals surface area contributed by atoms with Crippen molar-refractivity contribution >= 4 is 0 Å². The summed E-state index contributed by atoms with van der Waals surface area (Å²) in [6.45, 7) is 2.63. The second kappa shape index (κ2) is 4.33. The first-order valence-corrected chi connectivity index (χ1v) is 5.65. The number of hydrogen-bond acceptors (Lipinski definition) is 4. The number of halogens is 1. The molecule has 0 aromatic carbocycles. The Hall–Kier alpha value is -1.47. The molecule has 1 aliphatic rings. The molecular weight excluding hydrogens is 243 g/mol. The fourth-order valence-electron chi connectivity index (χ4n) is 2.24. The molecule has 1 aromatic heterocycles. The molecule has 3 N–H and O–H groups in total. The van der Waals surface area contributed by atoms with Gasteiger partial charge < -0.3 is 14.8 Å². The van der Waals surface area contributed by atoms with Crippen molar-refractivity contribution in [3.05, 3.63) is 32.6 Å². The van der Waals surface area contributed by atoms with E-state index in [1.54, 1.807) is 6.92 Å². The van der Waals surface area contributed by atoms with Crippen molar-refractivity contribution in [3.8, 4) is 0 Å². The monoisotopic (exact) mass is 258 g/mol. The molecule has 0 radical (unpaired) electrons. The summed E-state index contributed by atoms with van der Waals surface area (Å²) in [5.41, 5.74) is -3.02. The van der Waals surface area contributed by atoms with Gasteiger partial charge in [0.1, 0.15) is 11.8 Å². The minimum Gasteiger partial charge on any atom is -0.394 e. The summed E-state index contributed by atoms with van der Waals surface area (Å²) in [6, 6.07) is 1.09. The third kappa shape index (κ3) is 1.99. The summed E-state index contributed by atoms with van der Waals surface area (Å²) in [4.78, 5) is 26.7. The Kier molecular flexibility index (Phi) is 3.12. The Bertz CT molecular complexity index is 522. The molecule has 100 valence electrons. The summed E-state index contributed by atoms with van der Waals surface area (Å²) < 4.78 is 20.0. The highest BCUT2D eigenvalue weighted by molar-refractivity contribution is 5.13. The predicted octanol–water partition coefficient (Wildman–Crippen LogP) is -0.140. The van der Waals surface area contributed by atoms with Crippen LogP contribution in [0, 0.1) is 5.92 Å². The third-order valence-corrected chi connectivity index (χ3v) is 3.52. The zero-order valence-electron chi connectivity index (χ0n) is 10.1. The molecule has 7 heteroatoms. The van der Waals surface area contributed by atoms with Crippen LogP contribution in [0.15, 0.2) is 15.7 Å². The molecule has 2 heterocycles. The van der Waals surface area contributed by atoms with Gasteiger partial charge in [-0.2, -0.15) is 0 Å². The highest BCUT2D eigenvalue weighted by atomic mass is 19.1. The molecule has 0 amide bonds. The Morgan fingerprint density at radius 2 is 2.17 bits per heavy atom. The maximum Gasteiger partial charge on any atom is 0.325 e. The maximum atomic E-state index is 14.6. The Morgan fingerprint density at radius 3 is 2.67 bits per heavy atom. The third-order valence-electron chi connectivity index (χ3n) is 3.52. The van der Waals surface area contributed by atoms with Crippen LogP contribution in [0.25, 0.3) is 0 Å². The van der Waals surface area contributed by atoms with Crippen LogP contribution in [0.2, 0.25) is 0 Å². The topological polar surface area (TPSA) is 95.2 Å². The molecule has 1 aromatic rings. The molecule has 2 rings (SSSR count). The average Bonchev–Trinajstić information content (AvgIpc) is 2.49. The number of aromatic amines is 2. The van der Waals surface area contributed by atoms with Crippen LogP contribution >= 0.6 is 0 Å². The zero-order valence-corrected chi connectivity index (χ0v) is 10.1. The minimum absolute atomic E-state index is 0.0801. The normalized spacial score (nSPS) is 35.9. The number of rotatable bonds is 2. The molecule has 4 atom stereocenters. The van der Waals surface area contributed by atoms with Crippen molar-refractivity contribution in [2.24, 2.45) is 5.92 Å². The molecule has 0 unspecified atom stereocenters. The summed E-state index contributed by atoms with van der Waals surface area (Å²) in [5, 5.41) is 9.11. The predicted molar refractivity (Wildman–Crippen MR) is 61.1 cm³/mol. The van der Waals surface area contributed by atoms with Gasteiger partial charge in [0.2, 0.25) is 0 Å². The lowest BCUT2D eigenvalue weighted by Crippen LogP contribution is -2.34. The summed E-state index contributed by atoms with van der Waals surface area (Å²) in [7, 11) is 0. The highest BCUT2D eigenvalue weighted by Crippen LogP contribution is 2.46. The maximum absolute atomic E-state index is 14.6. The van der Waals surface area contributed by atoms with E-state index in [1.807, 2.05) is 4.98 Å². The van der Waals surface area contributed by atoms with Crippen molar-refractivity contribution in [2.45, 2.75) is 31.7 Å². The van der Waals surface area contributed by atoms with Crippen LogP contribution < -0.4 is 11.2 Å². The second-order valence-corrected chi connectivity index (χ2v) is 4.72. The highest BCUT2D eigenvalue weighted by Gasteiger charge is 2.52. The van der Waals surface area contributed by atoms with Crippen molar-refractivity contribution < 1.29 is 14.2 Å². The molecule has 0 bridgehead atoms. The largest absolute Gasteiger partial charge is 0.394 e. The van der Waals surface area contributed by atoms with E-state index in [2.05, 4.69) is 4.98 Å². The average molecular weight is 258 g/mol. The van der Waals surface area contributed by atoms with E-state index in [0.717, 1.165) is 6.07 Å². The van der Waals surface area contributed by atoms with Crippen LogP contribution in [0.1, 0.15) is 25.6 Å². The van der Waals surface area contributed by atoms with Gasteiger partial charge in [0.15, 0.2) is 0 Å². The van der Waals surface area contributed by atoms with Crippen molar-refractivity contribution in [2.75, 3.05) is 6.61 Å². The number of H-pyrrole nitrogens is 2. The first-order chi connectivity index (χ1) is 8.36. The van der Waals surface area contributed by atoms with Gasteiger partial charge in [0, 0.05) is 12.0 Å². The van der Waals surface area contributed by atoms with Crippen molar-refractivity contribution in [1.29, 1.82) is 0 Å². The lowest BCUT2D eigenvalue weighted by molar-refractivity contribution is -0.0194. The lowest BCUT2D eigenvalue weighted by atomic mass is 9.86. The number of aromatic nitrogens is 2. The number of nitrogens with one attached hydrogen (secondary N) is 2. The van der Waals surface area contributed by atoms with E-state index < -0.39 is 35.0 Å². The molecule has 1 fully saturated rings. The van der Waals surface area contributed by atoms with Gasteiger partial charge in [-0.25, -0.2) is 9.18 Å². The quantitative estimate of drug-likeness (QED) is 0.688. The van der Waals surface area contributed by atoms with Gasteiger partial charge in [0.25, 0.3) is 5.56 Å². The first-order valence-electron chi connectivity index (χ1n) is 5.65. The summed E-state index contributed by atoms with van der Waals surface area (Å²) in [6.07, 6.45) is -1.73. The van der Waals surface area contributed by atoms with Crippen LogP contribution in [0.4, 0.5) is 4.39 Å². The van der Waals surface area contributed by atoms with Crippen molar-refractivity contribution in [3.63, 3.8) is 0 Å². The van der Waals surface area contributed by atoms with Gasteiger partial charge in [-0.3, -0.25) is 9.78 Å². The van der Waals surface area contributed by atoms with Gasteiger partial charge in [-0.1, -0.05) is 6.92 Å². The Balaban J connectivity index is 2.45. The van der Waals surface area contributed by atoms with Gasteiger partial charge in [0.05, 0.1) is 18.4 Å². The fourth-order valence-corrected chi connectivity index (χ4v) is 2.24. The molecule has 0 saturated carbocycles. The van der Waals surface area contributed by atoms with Crippen LogP contribution in [-0.2, 0) is 4.74 Å². The molecule has 0 aliphatic carbocycles. The summed E-state index contributed by atoms with van der Waals surface area (Å²) in [5.74, 6) is -0.546. The number of alkyl halides is 1. The zero-order chi connectivity index (χ0) is 13.5. The van der Waals surface area contributed by atoms with Crippen LogP contribution in [-0.4, -0.2) is 33.5 Å². The Morgan fingerprint density at radius 1 is 1.50 bits per heavy atom. The van der Waals surface area contributed by atoms with E-state index in [4.69, 9.17) is 9.84 Å². The van der Waals surface area contributed by atoms with Gasteiger partial charge >= 0.3 is 5.69 Å². The molecule has 1 aliphatic heterocycles. The minimum atomic E-state index is -1.77. The van der Waals surface area contributed by atoms with E-state index >= 15 is 0 Å². The number of aliphatic hydroxyl groups excluding tert-OH is 1. The van der Waals surface area contributed by atoms with Crippen LogP contribution in [0.3, 0.4) is 0 Å². The number of aliphatic hydroxyl groups is 1.